The van der Waals surface area contributed by atoms with Crippen molar-refractivity contribution >= 4 is 16.3 Å². The monoisotopic (exact) mass is 381 g/mol. The molecule has 1 aromatic rings. The van der Waals surface area contributed by atoms with Crippen LogP contribution in [0.15, 0.2) is 30.3 Å². The molecule has 0 aromatic heterocycles. The summed E-state index contributed by atoms with van der Waals surface area (Å²) in [5.41, 5.74) is 0.808. The van der Waals surface area contributed by atoms with Crippen LogP contribution >= 0.6 is 0 Å². The number of benzene rings is 1. The summed E-state index contributed by atoms with van der Waals surface area (Å²) in [5.74, 6) is 1.26. The third-order valence-corrected chi connectivity index (χ3v) is 6.78. The van der Waals surface area contributed by atoms with E-state index in [1.54, 1.807) is 0 Å². The average Bonchev–Trinajstić information content (AvgIpc) is 2.68. The fourth-order valence-electron chi connectivity index (χ4n) is 3.83. The molecule has 2 aliphatic heterocycles. The van der Waals surface area contributed by atoms with Crippen molar-refractivity contribution in [2.45, 2.75) is 32.3 Å². The van der Waals surface area contributed by atoms with E-state index in [0.717, 1.165) is 31.5 Å². The predicted octanol–water partition coefficient (Wildman–Crippen LogP) is 1.87. The first-order valence-corrected chi connectivity index (χ1v) is 10.7. The maximum Gasteiger partial charge on any atom is 0.422 e. The Morgan fingerprint density at radius 2 is 1.69 bits per heavy atom. The third kappa shape index (κ3) is 5.18. The van der Waals surface area contributed by atoms with E-state index in [9.17, 15) is 13.2 Å². The molecule has 0 spiro atoms. The molecule has 1 amide bonds. The van der Waals surface area contributed by atoms with E-state index in [0.29, 0.717) is 24.9 Å². The smallest absolute Gasteiger partial charge is 0.422 e. The molecule has 0 aliphatic carbocycles. The lowest BCUT2D eigenvalue weighted by atomic mass is 9.79. The fraction of sp³-hybridized carbons (Fsp3) is 0.611. The number of carbonyl (C=O) groups excluding carboxylic acids is 1. The molecule has 7 nitrogen and oxygen atoms in total. The van der Waals surface area contributed by atoms with Gasteiger partial charge in [-0.05, 0) is 56.2 Å². The summed E-state index contributed by atoms with van der Waals surface area (Å²) in [7, 11) is -3.84. The average molecular weight is 381 g/mol. The van der Waals surface area contributed by atoms with Gasteiger partial charge in [-0.2, -0.15) is 12.7 Å². The topological polar surface area (TPSA) is 87.7 Å². The van der Waals surface area contributed by atoms with Crippen molar-refractivity contribution in [3.63, 3.8) is 0 Å². The highest BCUT2D eigenvalue weighted by atomic mass is 32.2. The molecule has 1 aromatic carbocycles. The lowest BCUT2D eigenvalue weighted by Crippen LogP contribution is -2.48. The second-order valence-electron chi connectivity index (χ2n) is 6.99. The molecule has 0 bridgehead atoms. The summed E-state index contributed by atoms with van der Waals surface area (Å²) in [6.45, 7) is 3.06. The summed E-state index contributed by atoms with van der Waals surface area (Å²) in [5, 5.41) is 3.36. The SMILES string of the molecule is O=C(NS(=O)(=O)N1CCC(C2CCNCC2)CC1)OCc1ccccc1. The van der Waals surface area contributed by atoms with Crippen LogP contribution in [0.2, 0.25) is 0 Å². The van der Waals surface area contributed by atoms with Crippen molar-refractivity contribution in [3.8, 4) is 0 Å². The van der Waals surface area contributed by atoms with Gasteiger partial charge in [0, 0.05) is 13.1 Å². The molecule has 2 saturated heterocycles. The first-order valence-electron chi connectivity index (χ1n) is 9.24. The van der Waals surface area contributed by atoms with E-state index >= 15 is 0 Å². The Kier molecular flexibility index (Phi) is 6.50. The summed E-state index contributed by atoms with van der Waals surface area (Å²) >= 11 is 0. The number of ether oxygens (including phenoxy) is 1. The molecule has 0 saturated carbocycles. The Hall–Kier alpha value is -1.64. The van der Waals surface area contributed by atoms with Crippen LogP contribution in [0.4, 0.5) is 4.79 Å². The predicted molar refractivity (Wildman–Crippen MR) is 98.6 cm³/mol. The molecule has 2 fully saturated rings. The van der Waals surface area contributed by atoms with Gasteiger partial charge in [-0.1, -0.05) is 30.3 Å². The first-order chi connectivity index (χ1) is 12.5. The molecule has 0 atom stereocenters. The zero-order chi connectivity index (χ0) is 18.4. The van der Waals surface area contributed by atoms with Crippen LogP contribution in [-0.2, 0) is 21.6 Å². The maximum absolute atomic E-state index is 12.4. The molecule has 2 aliphatic rings. The van der Waals surface area contributed by atoms with Gasteiger partial charge in [0.25, 0.3) is 0 Å². The number of piperidine rings is 2. The van der Waals surface area contributed by atoms with E-state index in [1.807, 2.05) is 35.1 Å². The maximum atomic E-state index is 12.4. The highest BCUT2D eigenvalue weighted by Gasteiger charge is 2.33. The standard InChI is InChI=1S/C18H27N3O4S/c22-18(25-14-15-4-2-1-3-5-15)20-26(23,24)21-12-8-17(9-13-21)16-6-10-19-11-7-16/h1-5,16-17,19H,6-14H2,(H,20,22). The van der Waals surface area contributed by atoms with Gasteiger partial charge in [-0.15, -0.1) is 0 Å². The largest absolute Gasteiger partial charge is 0.444 e. The Labute approximate surface area is 155 Å². The summed E-state index contributed by atoms with van der Waals surface area (Å²) in [6, 6.07) is 9.15. The van der Waals surface area contributed by atoms with Crippen molar-refractivity contribution in [1.82, 2.24) is 14.3 Å². The Balaban J connectivity index is 1.45. The third-order valence-electron chi connectivity index (χ3n) is 5.31. The van der Waals surface area contributed by atoms with E-state index in [-0.39, 0.29) is 6.61 Å². The summed E-state index contributed by atoms with van der Waals surface area (Å²) in [4.78, 5) is 11.8. The minimum atomic E-state index is -3.84. The lowest BCUT2D eigenvalue weighted by Gasteiger charge is -2.37. The fourth-order valence-corrected chi connectivity index (χ4v) is 4.92. The van der Waals surface area contributed by atoms with Gasteiger partial charge >= 0.3 is 16.3 Å². The molecule has 2 N–H and O–H groups in total. The van der Waals surface area contributed by atoms with Gasteiger partial charge in [-0.3, -0.25) is 0 Å². The Bertz CT molecular complexity index is 682. The number of hydrogen-bond donors (Lipinski definition) is 2. The quantitative estimate of drug-likeness (QED) is 0.813. The van der Waals surface area contributed by atoms with Crippen molar-refractivity contribution < 1.29 is 17.9 Å². The van der Waals surface area contributed by atoms with E-state index < -0.39 is 16.3 Å². The van der Waals surface area contributed by atoms with Crippen molar-refractivity contribution in [2.24, 2.45) is 11.8 Å². The molecular formula is C18H27N3O4S. The van der Waals surface area contributed by atoms with Crippen LogP contribution < -0.4 is 10.0 Å². The van der Waals surface area contributed by atoms with Gasteiger partial charge in [0.2, 0.25) is 0 Å². The lowest BCUT2D eigenvalue weighted by molar-refractivity contribution is 0.144. The van der Waals surface area contributed by atoms with Crippen LogP contribution in [0.1, 0.15) is 31.2 Å². The van der Waals surface area contributed by atoms with Gasteiger partial charge in [0.05, 0.1) is 0 Å². The highest BCUT2D eigenvalue weighted by Crippen LogP contribution is 2.31. The molecule has 144 valence electrons. The molecule has 2 heterocycles. The van der Waals surface area contributed by atoms with Gasteiger partial charge < -0.3 is 10.1 Å². The molecular weight excluding hydrogens is 354 g/mol. The van der Waals surface area contributed by atoms with Crippen molar-refractivity contribution in [2.75, 3.05) is 26.2 Å². The van der Waals surface area contributed by atoms with Gasteiger partial charge in [0.15, 0.2) is 0 Å². The molecule has 26 heavy (non-hydrogen) atoms. The molecule has 0 unspecified atom stereocenters. The molecule has 0 radical (unpaired) electrons. The van der Waals surface area contributed by atoms with Crippen LogP contribution in [0.3, 0.4) is 0 Å². The number of nitrogens with one attached hydrogen (secondary N) is 2. The van der Waals surface area contributed by atoms with E-state index in [2.05, 4.69) is 5.32 Å². The van der Waals surface area contributed by atoms with E-state index in [1.165, 1.54) is 17.1 Å². The van der Waals surface area contributed by atoms with Crippen molar-refractivity contribution in [3.05, 3.63) is 35.9 Å². The summed E-state index contributed by atoms with van der Waals surface area (Å²) in [6.07, 6.45) is 3.10. The van der Waals surface area contributed by atoms with Crippen LogP contribution in [0.5, 0.6) is 0 Å². The zero-order valence-electron chi connectivity index (χ0n) is 14.9. The van der Waals surface area contributed by atoms with Gasteiger partial charge in [-0.25, -0.2) is 9.52 Å². The van der Waals surface area contributed by atoms with Gasteiger partial charge in [0.1, 0.15) is 6.61 Å². The number of amides is 1. The number of nitrogens with zero attached hydrogens (tertiary/aromatic N) is 1. The summed E-state index contributed by atoms with van der Waals surface area (Å²) < 4.78 is 33.2. The minimum Gasteiger partial charge on any atom is -0.444 e. The number of rotatable bonds is 5. The highest BCUT2D eigenvalue weighted by molar-refractivity contribution is 7.87. The Morgan fingerprint density at radius 1 is 1.08 bits per heavy atom. The second kappa shape index (κ2) is 8.83. The van der Waals surface area contributed by atoms with Crippen LogP contribution in [0.25, 0.3) is 0 Å². The number of hydrogen-bond acceptors (Lipinski definition) is 5. The van der Waals surface area contributed by atoms with Crippen LogP contribution in [0, 0.1) is 11.8 Å². The second-order valence-corrected chi connectivity index (χ2v) is 8.66. The van der Waals surface area contributed by atoms with Crippen molar-refractivity contribution in [1.29, 1.82) is 0 Å². The molecule has 8 heteroatoms. The zero-order valence-corrected chi connectivity index (χ0v) is 15.7. The molecule has 3 rings (SSSR count). The number of carbonyl (C=O) groups is 1. The van der Waals surface area contributed by atoms with Crippen LogP contribution in [-0.4, -0.2) is 45.0 Å². The normalized spacial score (nSPS) is 20.6. The van der Waals surface area contributed by atoms with E-state index in [4.69, 9.17) is 4.74 Å². The first kappa shape index (κ1) is 19.1. The minimum absolute atomic E-state index is 0.0416. The Morgan fingerprint density at radius 3 is 2.35 bits per heavy atom.